The molecule has 2 unspecified atom stereocenters. The van der Waals surface area contributed by atoms with E-state index in [4.69, 9.17) is 10.3 Å². The van der Waals surface area contributed by atoms with Gasteiger partial charge in [-0.3, -0.25) is 4.79 Å². The summed E-state index contributed by atoms with van der Waals surface area (Å²) in [7, 11) is 1.21. The lowest BCUT2D eigenvalue weighted by molar-refractivity contribution is -0.144. The molecule has 7 heteroatoms. The van der Waals surface area contributed by atoms with E-state index in [1.54, 1.807) is 18.2 Å². The van der Waals surface area contributed by atoms with Crippen LogP contribution in [0.4, 0.5) is 5.82 Å². The monoisotopic (exact) mass is 266 g/mol. The van der Waals surface area contributed by atoms with Crippen molar-refractivity contribution in [3.63, 3.8) is 0 Å². The van der Waals surface area contributed by atoms with E-state index in [-0.39, 0.29) is 12.2 Å². The molecule has 0 spiro atoms. The molecule has 1 aromatic heterocycles. The van der Waals surface area contributed by atoms with E-state index in [1.165, 1.54) is 7.11 Å². The van der Waals surface area contributed by atoms with Crippen LogP contribution in [-0.2, 0) is 9.53 Å². The van der Waals surface area contributed by atoms with Crippen molar-refractivity contribution in [2.45, 2.75) is 18.6 Å². The number of carbonyl (C=O) groups excluding carboxylic acids is 1. The molecular formula is C12H14N2O5. The number of benzene rings is 1. The summed E-state index contributed by atoms with van der Waals surface area (Å²) in [4.78, 5) is 11.0. The van der Waals surface area contributed by atoms with E-state index in [1.807, 2.05) is 0 Å². The second-order valence-electron chi connectivity index (χ2n) is 4.12. The summed E-state index contributed by atoms with van der Waals surface area (Å²) < 4.78 is 9.36. The van der Waals surface area contributed by atoms with Gasteiger partial charge in [0.15, 0.2) is 11.4 Å². The zero-order chi connectivity index (χ0) is 14.0. The number of esters is 1. The van der Waals surface area contributed by atoms with Crippen LogP contribution in [0.25, 0.3) is 11.0 Å². The van der Waals surface area contributed by atoms with Crippen LogP contribution in [0.1, 0.15) is 18.1 Å². The Morgan fingerprint density at radius 1 is 1.53 bits per heavy atom. The molecule has 0 saturated carbocycles. The first-order chi connectivity index (χ1) is 9.02. The third-order valence-electron chi connectivity index (χ3n) is 2.83. The Labute approximate surface area is 108 Å². The average Bonchev–Trinajstić information content (AvgIpc) is 2.78. The van der Waals surface area contributed by atoms with Crippen LogP contribution in [0, 0.1) is 0 Å². The van der Waals surface area contributed by atoms with Crippen molar-refractivity contribution < 1.29 is 24.3 Å². The van der Waals surface area contributed by atoms with E-state index in [9.17, 15) is 15.0 Å². The van der Waals surface area contributed by atoms with Gasteiger partial charge in [-0.25, -0.2) is 0 Å². The van der Waals surface area contributed by atoms with Gasteiger partial charge in [0.25, 0.3) is 0 Å². The summed E-state index contributed by atoms with van der Waals surface area (Å²) in [5.41, 5.74) is 6.50. The van der Waals surface area contributed by atoms with Crippen LogP contribution in [-0.4, -0.2) is 34.6 Å². The quantitative estimate of drug-likeness (QED) is 0.684. The van der Waals surface area contributed by atoms with Crippen molar-refractivity contribution in [2.24, 2.45) is 0 Å². The van der Waals surface area contributed by atoms with E-state index >= 15 is 0 Å². The summed E-state index contributed by atoms with van der Waals surface area (Å²) in [5.74, 6) is -0.399. The Kier molecular flexibility index (Phi) is 3.68. The molecule has 2 rings (SSSR count). The van der Waals surface area contributed by atoms with Crippen LogP contribution in [0.3, 0.4) is 0 Å². The number of anilines is 1. The topological polar surface area (TPSA) is 119 Å². The molecule has 0 saturated heterocycles. The number of fused-ring (bicyclic) bond motifs is 1. The van der Waals surface area contributed by atoms with E-state index in [0.29, 0.717) is 16.5 Å². The summed E-state index contributed by atoms with van der Waals surface area (Å²) in [6, 6.07) is 4.71. The number of methoxy groups -OCH3 is 1. The number of rotatable bonds is 4. The summed E-state index contributed by atoms with van der Waals surface area (Å²) in [6.07, 6.45) is -2.78. The highest BCUT2D eigenvalue weighted by atomic mass is 16.5. The Morgan fingerprint density at radius 3 is 2.95 bits per heavy atom. The Hall–Kier alpha value is -2.12. The number of aliphatic hydroxyl groups excluding tert-OH is 2. The first-order valence-electron chi connectivity index (χ1n) is 5.60. The lowest BCUT2D eigenvalue weighted by Gasteiger charge is -2.17. The molecule has 0 aliphatic rings. The molecular weight excluding hydrogens is 252 g/mol. The van der Waals surface area contributed by atoms with Gasteiger partial charge in [-0.15, -0.1) is 0 Å². The van der Waals surface area contributed by atoms with Crippen LogP contribution in [0.2, 0.25) is 0 Å². The van der Waals surface area contributed by atoms with E-state index in [2.05, 4.69) is 9.89 Å². The predicted molar refractivity (Wildman–Crippen MR) is 66.0 cm³/mol. The molecule has 0 bridgehead atoms. The molecule has 4 N–H and O–H groups in total. The van der Waals surface area contributed by atoms with Crippen LogP contribution in [0.15, 0.2) is 22.7 Å². The fraction of sp³-hybridized carbons (Fsp3) is 0.333. The molecule has 0 aliphatic heterocycles. The highest BCUT2D eigenvalue weighted by Crippen LogP contribution is 2.26. The normalized spacial score (nSPS) is 14.3. The summed E-state index contributed by atoms with van der Waals surface area (Å²) in [5, 5.41) is 23.8. The van der Waals surface area contributed by atoms with Crippen LogP contribution >= 0.6 is 0 Å². The fourth-order valence-electron chi connectivity index (χ4n) is 1.75. The number of hydrogen-bond acceptors (Lipinski definition) is 7. The van der Waals surface area contributed by atoms with Crippen molar-refractivity contribution >= 4 is 22.8 Å². The number of aliphatic hydroxyl groups is 2. The minimum Gasteiger partial charge on any atom is -0.469 e. The molecule has 0 amide bonds. The second-order valence-corrected chi connectivity index (χ2v) is 4.12. The molecule has 2 atom stereocenters. The fourth-order valence-corrected chi connectivity index (χ4v) is 1.75. The van der Waals surface area contributed by atoms with Gasteiger partial charge in [0.1, 0.15) is 6.10 Å². The third kappa shape index (κ3) is 2.67. The number of ether oxygens (including phenoxy) is 1. The Bertz CT molecular complexity index is 595. The Morgan fingerprint density at radius 2 is 2.26 bits per heavy atom. The van der Waals surface area contributed by atoms with Gasteiger partial charge in [0.2, 0.25) is 0 Å². The molecule has 1 heterocycles. The zero-order valence-corrected chi connectivity index (χ0v) is 10.2. The van der Waals surface area contributed by atoms with Crippen molar-refractivity contribution in [3.05, 3.63) is 23.8 Å². The van der Waals surface area contributed by atoms with Crippen LogP contribution < -0.4 is 5.73 Å². The number of nitrogens with zero attached hydrogens (tertiary/aromatic N) is 1. The molecule has 0 radical (unpaired) electrons. The molecule has 0 fully saturated rings. The largest absolute Gasteiger partial charge is 0.469 e. The Balaban J connectivity index is 2.22. The smallest absolute Gasteiger partial charge is 0.308 e. The number of hydrogen-bond donors (Lipinski definition) is 3. The maximum absolute atomic E-state index is 11.0. The number of aromatic nitrogens is 1. The summed E-state index contributed by atoms with van der Waals surface area (Å²) in [6.45, 7) is 0. The van der Waals surface area contributed by atoms with Crippen molar-refractivity contribution in [2.75, 3.05) is 12.8 Å². The van der Waals surface area contributed by atoms with Gasteiger partial charge in [-0.05, 0) is 17.7 Å². The number of nitrogens with two attached hydrogens (primary N) is 1. The van der Waals surface area contributed by atoms with E-state index < -0.39 is 18.2 Å². The van der Waals surface area contributed by atoms with Gasteiger partial charge < -0.3 is 25.2 Å². The van der Waals surface area contributed by atoms with Crippen molar-refractivity contribution in [3.8, 4) is 0 Å². The maximum Gasteiger partial charge on any atom is 0.308 e. The highest BCUT2D eigenvalue weighted by molar-refractivity contribution is 5.87. The molecule has 7 nitrogen and oxygen atoms in total. The average molecular weight is 266 g/mol. The first kappa shape index (κ1) is 13.3. The number of nitrogen functional groups attached to an aromatic ring is 1. The lowest BCUT2D eigenvalue weighted by Crippen LogP contribution is -2.22. The van der Waals surface area contributed by atoms with Gasteiger partial charge in [-0.1, -0.05) is 11.2 Å². The zero-order valence-electron chi connectivity index (χ0n) is 10.2. The molecule has 102 valence electrons. The predicted octanol–water partition coefficient (Wildman–Crippen LogP) is 0.367. The summed E-state index contributed by atoms with van der Waals surface area (Å²) >= 11 is 0. The minimum absolute atomic E-state index is 0.200. The van der Waals surface area contributed by atoms with E-state index in [0.717, 1.165) is 0 Å². The first-order valence-corrected chi connectivity index (χ1v) is 5.60. The van der Waals surface area contributed by atoms with Gasteiger partial charge in [0.05, 0.1) is 25.0 Å². The number of carbonyl (C=O) groups is 1. The highest BCUT2D eigenvalue weighted by Gasteiger charge is 2.22. The van der Waals surface area contributed by atoms with Crippen molar-refractivity contribution in [1.29, 1.82) is 0 Å². The van der Waals surface area contributed by atoms with Gasteiger partial charge >= 0.3 is 5.97 Å². The van der Waals surface area contributed by atoms with Gasteiger partial charge in [-0.2, -0.15) is 0 Å². The minimum atomic E-state index is -1.26. The standard InChI is InChI=1S/C12H14N2O5/c1-18-10(16)5-8(15)11(17)6-2-3-9-7(4-6)12(13)14-19-9/h2-4,8,11,15,17H,5H2,1H3,(H2,13,14). The molecule has 1 aromatic carbocycles. The van der Waals surface area contributed by atoms with Crippen molar-refractivity contribution in [1.82, 2.24) is 5.16 Å². The van der Waals surface area contributed by atoms with Gasteiger partial charge in [0, 0.05) is 0 Å². The SMILES string of the molecule is COC(=O)CC(O)C(O)c1ccc2onc(N)c2c1. The maximum atomic E-state index is 11.0. The second kappa shape index (κ2) is 5.25. The third-order valence-corrected chi connectivity index (χ3v) is 2.83. The van der Waals surface area contributed by atoms with Crippen LogP contribution in [0.5, 0.6) is 0 Å². The molecule has 0 aliphatic carbocycles. The molecule has 2 aromatic rings. The molecule has 19 heavy (non-hydrogen) atoms. The lowest BCUT2D eigenvalue weighted by atomic mass is 10.0.